The van der Waals surface area contributed by atoms with Crippen molar-refractivity contribution in [3.05, 3.63) is 0 Å². The molecule has 0 aliphatic carbocycles. The smallest absolute Gasteiger partial charge is 0.240 e. The predicted molar refractivity (Wildman–Crippen MR) is 78.4 cm³/mol. The molecule has 0 spiro atoms. The van der Waals surface area contributed by atoms with Crippen LogP contribution in [0.25, 0.3) is 0 Å². The lowest BCUT2D eigenvalue weighted by molar-refractivity contribution is -0.138. The molecule has 1 heterocycles. The van der Waals surface area contributed by atoms with Gasteiger partial charge in [0.1, 0.15) is 0 Å². The summed E-state index contributed by atoms with van der Waals surface area (Å²) in [6.07, 6.45) is 1.94. The lowest BCUT2D eigenvalue weighted by atomic mass is 9.98. The summed E-state index contributed by atoms with van der Waals surface area (Å²) in [5, 5.41) is 6.07. The fraction of sp³-hybridized carbons (Fsp3) is 0.846. The Morgan fingerprint density at radius 1 is 1.37 bits per heavy atom. The first-order valence-electron chi connectivity index (χ1n) is 6.56. The standard InChI is InChI=1S/C13H25N3O2.ClH/c1-13(2,3)15-11(17)9-16(4)12(18)10-6-5-7-14-8-10;/h10,14H,5-9H2,1-4H3,(H,15,17);1H/t10-;/m1./s1. The minimum atomic E-state index is -0.257. The molecule has 6 heteroatoms. The average molecular weight is 292 g/mol. The molecule has 0 aromatic heterocycles. The Morgan fingerprint density at radius 3 is 2.47 bits per heavy atom. The monoisotopic (exact) mass is 291 g/mol. The highest BCUT2D eigenvalue weighted by Gasteiger charge is 2.25. The third-order valence-electron chi connectivity index (χ3n) is 2.92. The van der Waals surface area contributed by atoms with Crippen LogP contribution in [0.2, 0.25) is 0 Å². The summed E-state index contributed by atoms with van der Waals surface area (Å²) in [6.45, 7) is 7.63. The van der Waals surface area contributed by atoms with Crippen molar-refractivity contribution >= 4 is 24.2 Å². The van der Waals surface area contributed by atoms with Gasteiger partial charge in [0.25, 0.3) is 0 Å². The van der Waals surface area contributed by atoms with Gasteiger partial charge >= 0.3 is 0 Å². The molecule has 0 unspecified atom stereocenters. The van der Waals surface area contributed by atoms with Gasteiger partial charge in [0.15, 0.2) is 0 Å². The van der Waals surface area contributed by atoms with Gasteiger partial charge < -0.3 is 15.5 Å². The van der Waals surface area contributed by atoms with Gasteiger partial charge in [0, 0.05) is 19.1 Å². The Bertz CT molecular complexity index is 310. The first kappa shape index (κ1) is 18.2. The number of likely N-dealkylation sites (N-methyl/N-ethyl adjacent to an activating group) is 1. The van der Waals surface area contributed by atoms with Gasteiger partial charge in [-0.15, -0.1) is 12.4 Å². The van der Waals surface area contributed by atoms with E-state index in [4.69, 9.17) is 0 Å². The summed E-state index contributed by atoms with van der Waals surface area (Å²) >= 11 is 0. The van der Waals surface area contributed by atoms with Crippen molar-refractivity contribution in [3.8, 4) is 0 Å². The highest BCUT2D eigenvalue weighted by Crippen LogP contribution is 2.12. The maximum absolute atomic E-state index is 12.1. The van der Waals surface area contributed by atoms with Crippen molar-refractivity contribution < 1.29 is 9.59 Å². The molecule has 19 heavy (non-hydrogen) atoms. The second kappa shape index (κ2) is 7.70. The SMILES string of the molecule is CN(CC(=O)NC(C)(C)C)C(=O)[C@@H]1CCCNC1.Cl. The zero-order valence-electron chi connectivity index (χ0n) is 12.3. The van der Waals surface area contributed by atoms with Crippen LogP contribution in [-0.4, -0.2) is 48.9 Å². The topological polar surface area (TPSA) is 61.4 Å². The van der Waals surface area contributed by atoms with E-state index in [1.807, 2.05) is 20.8 Å². The maximum Gasteiger partial charge on any atom is 0.240 e. The lowest BCUT2D eigenvalue weighted by Crippen LogP contribution is -2.48. The number of nitrogens with zero attached hydrogens (tertiary/aromatic N) is 1. The normalized spacial score (nSPS) is 19.3. The van der Waals surface area contributed by atoms with Crippen LogP contribution in [0.1, 0.15) is 33.6 Å². The third-order valence-corrected chi connectivity index (χ3v) is 2.92. The van der Waals surface area contributed by atoms with Gasteiger partial charge in [-0.05, 0) is 40.2 Å². The van der Waals surface area contributed by atoms with Crippen molar-refractivity contribution in [2.24, 2.45) is 5.92 Å². The molecule has 1 atom stereocenters. The van der Waals surface area contributed by atoms with Crippen molar-refractivity contribution in [3.63, 3.8) is 0 Å². The summed E-state index contributed by atoms with van der Waals surface area (Å²) in [6, 6.07) is 0. The summed E-state index contributed by atoms with van der Waals surface area (Å²) in [7, 11) is 1.69. The number of amides is 2. The van der Waals surface area contributed by atoms with Crippen LogP contribution in [0, 0.1) is 5.92 Å². The van der Waals surface area contributed by atoms with Gasteiger partial charge in [0.05, 0.1) is 12.5 Å². The fourth-order valence-electron chi connectivity index (χ4n) is 2.13. The molecule has 0 bridgehead atoms. The van der Waals surface area contributed by atoms with E-state index in [2.05, 4.69) is 10.6 Å². The number of nitrogens with one attached hydrogen (secondary N) is 2. The Balaban J connectivity index is 0.00000324. The Hall–Kier alpha value is -0.810. The van der Waals surface area contributed by atoms with E-state index >= 15 is 0 Å². The second-order valence-corrected chi connectivity index (χ2v) is 6.04. The van der Waals surface area contributed by atoms with Crippen LogP contribution < -0.4 is 10.6 Å². The summed E-state index contributed by atoms with van der Waals surface area (Å²) in [5.41, 5.74) is -0.257. The van der Waals surface area contributed by atoms with Gasteiger partial charge in [-0.25, -0.2) is 0 Å². The van der Waals surface area contributed by atoms with Crippen molar-refractivity contribution in [2.75, 3.05) is 26.7 Å². The first-order valence-corrected chi connectivity index (χ1v) is 6.56. The number of hydrogen-bond acceptors (Lipinski definition) is 3. The van der Waals surface area contributed by atoms with E-state index in [1.54, 1.807) is 7.05 Å². The molecule has 0 radical (unpaired) electrons. The maximum atomic E-state index is 12.1. The molecule has 1 rings (SSSR count). The van der Waals surface area contributed by atoms with Crippen LogP contribution >= 0.6 is 12.4 Å². The van der Waals surface area contributed by atoms with E-state index in [-0.39, 0.29) is 42.2 Å². The van der Waals surface area contributed by atoms with Gasteiger partial charge in [-0.1, -0.05) is 0 Å². The molecule has 1 aliphatic heterocycles. The van der Waals surface area contributed by atoms with Crippen LogP contribution in [0.5, 0.6) is 0 Å². The zero-order valence-corrected chi connectivity index (χ0v) is 13.1. The Kier molecular flexibility index (Phi) is 7.37. The predicted octanol–water partition coefficient (Wildman–Crippen LogP) is 0.781. The van der Waals surface area contributed by atoms with Gasteiger partial charge in [-0.3, -0.25) is 9.59 Å². The molecule has 2 amide bonds. The molecule has 1 fully saturated rings. The van der Waals surface area contributed by atoms with E-state index in [1.165, 1.54) is 4.90 Å². The number of rotatable bonds is 3. The summed E-state index contributed by atoms with van der Waals surface area (Å²) in [4.78, 5) is 25.4. The zero-order chi connectivity index (χ0) is 13.8. The lowest BCUT2D eigenvalue weighted by Gasteiger charge is -2.28. The highest BCUT2D eigenvalue weighted by atomic mass is 35.5. The number of carbonyl (C=O) groups excluding carboxylic acids is 2. The molecular formula is C13H26ClN3O2. The summed E-state index contributed by atoms with van der Waals surface area (Å²) in [5.74, 6) is -0.0282. The second-order valence-electron chi connectivity index (χ2n) is 6.04. The van der Waals surface area contributed by atoms with Gasteiger partial charge in [0.2, 0.25) is 11.8 Å². The van der Waals surface area contributed by atoms with E-state index in [0.29, 0.717) is 0 Å². The average Bonchev–Trinajstić information content (AvgIpc) is 2.26. The highest BCUT2D eigenvalue weighted by molar-refractivity contribution is 5.86. The molecule has 0 saturated carbocycles. The van der Waals surface area contributed by atoms with Gasteiger partial charge in [-0.2, -0.15) is 0 Å². The molecular weight excluding hydrogens is 266 g/mol. The molecule has 1 aliphatic rings. The van der Waals surface area contributed by atoms with Crippen molar-refractivity contribution in [2.45, 2.75) is 39.2 Å². The molecule has 0 aromatic rings. The number of hydrogen-bond donors (Lipinski definition) is 2. The minimum absolute atomic E-state index is 0. The van der Waals surface area contributed by atoms with Crippen molar-refractivity contribution in [1.29, 1.82) is 0 Å². The number of halogens is 1. The van der Waals surface area contributed by atoms with Crippen LogP contribution in [-0.2, 0) is 9.59 Å². The first-order chi connectivity index (χ1) is 8.29. The van der Waals surface area contributed by atoms with E-state index in [9.17, 15) is 9.59 Å². The molecule has 0 aromatic carbocycles. The van der Waals surface area contributed by atoms with Crippen LogP contribution in [0.3, 0.4) is 0 Å². The van der Waals surface area contributed by atoms with Crippen molar-refractivity contribution in [1.82, 2.24) is 15.5 Å². The van der Waals surface area contributed by atoms with Crippen LogP contribution in [0.15, 0.2) is 0 Å². The molecule has 2 N–H and O–H groups in total. The molecule has 112 valence electrons. The van der Waals surface area contributed by atoms with E-state index < -0.39 is 0 Å². The summed E-state index contributed by atoms with van der Waals surface area (Å²) < 4.78 is 0. The quantitative estimate of drug-likeness (QED) is 0.808. The van der Waals surface area contributed by atoms with Crippen LogP contribution in [0.4, 0.5) is 0 Å². The fourth-order valence-corrected chi connectivity index (χ4v) is 2.13. The minimum Gasteiger partial charge on any atom is -0.350 e. The third kappa shape index (κ3) is 6.78. The van der Waals surface area contributed by atoms with E-state index in [0.717, 1.165) is 25.9 Å². The molecule has 1 saturated heterocycles. The number of carbonyl (C=O) groups is 2. The molecule has 5 nitrogen and oxygen atoms in total. The largest absolute Gasteiger partial charge is 0.350 e. The number of piperidine rings is 1. The Labute approximate surface area is 121 Å². The Morgan fingerprint density at radius 2 is 2.00 bits per heavy atom.